The molecular formula is C19H25NO. The fourth-order valence-electron chi connectivity index (χ4n) is 2.27. The lowest BCUT2D eigenvalue weighted by atomic mass is 10.0. The van der Waals surface area contributed by atoms with E-state index in [1.54, 1.807) is 0 Å². The Labute approximate surface area is 128 Å². The first-order valence-electron chi connectivity index (χ1n) is 7.69. The molecule has 0 aliphatic carbocycles. The number of hydrogen-bond donors (Lipinski definition) is 1. The minimum absolute atomic E-state index is 0.226. The van der Waals surface area contributed by atoms with Gasteiger partial charge in [0.1, 0.15) is 12.4 Å². The largest absolute Gasteiger partial charge is 0.492 e. The van der Waals surface area contributed by atoms with Crippen LogP contribution in [0.3, 0.4) is 0 Å². The Bertz CT molecular complexity index is 551. The van der Waals surface area contributed by atoms with Gasteiger partial charge in [-0.3, -0.25) is 0 Å². The molecule has 2 nitrogen and oxygen atoms in total. The molecule has 1 unspecified atom stereocenters. The van der Waals surface area contributed by atoms with Crippen molar-refractivity contribution >= 4 is 0 Å². The summed E-state index contributed by atoms with van der Waals surface area (Å²) >= 11 is 0. The monoisotopic (exact) mass is 283 g/mol. The summed E-state index contributed by atoms with van der Waals surface area (Å²) in [4.78, 5) is 0. The van der Waals surface area contributed by atoms with Gasteiger partial charge in [0.15, 0.2) is 0 Å². The van der Waals surface area contributed by atoms with Crippen LogP contribution in [0.25, 0.3) is 0 Å². The van der Waals surface area contributed by atoms with E-state index >= 15 is 0 Å². The molecule has 0 saturated carbocycles. The van der Waals surface area contributed by atoms with E-state index in [2.05, 4.69) is 44.3 Å². The molecule has 2 aromatic carbocycles. The summed E-state index contributed by atoms with van der Waals surface area (Å²) < 4.78 is 5.93. The van der Waals surface area contributed by atoms with E-state index in [1.165, 1.54) is 16.7 Å². The van der Waals surface area contributed by atoms with Gasteiger partial charge in [0, 0.05) is 0 Å². The smallest absolute Gasteiger partial charge is 0.119 e. The Kier molecular flexibility index (Phi) is 5.82. The fourth-order valence-corrected chi connectivity index (χ4v) is 2.27. The van der Waals surface area contributed by atoms with E-state index in [1.807, 2.05) is 30.3 Å². The summed E-state index contributed by atoms with van der Waals surface area (Å²) in [6, 6.07) is 16.9. The lowest BCUT2D eigenvalue weighted by Crippen LogP contribution is -2.27. The van der Waals surface area contributed by atoms with Crippen molar-refractivity contribution in [1.29, 1.82) is 0 Å². The number of rotatable bonds is 7. The maximum Gasteiger partial charge on any atom is 0.119 e. The number of aryl methyl sites for hydroxylation is 2. The zero-order valence-electron chi connectivity index (χ0n) is 13.2. The molecule has 0 amide bonds. The van der Waals surface area contributed by atoms with Crippen LogP contribution in [0.2, 0.25) is 0 Å². The zero-order chi connectivity index (χ0) is 15.1. The molecule has 0 aromatic heterocycles. The summed E-state index contributed by atoms with van der Waals surface area (Å²) in [5, 5.41) is 3.58. The minimum atomic E-state index is 0.226. The van der Waals surface area contributed by atoms with Crippen molar-refractivity contribution in [2.24, 2.45) is 0 Å². The Morgan fingerprint density at radius 1 is 1.00 bits per heavy atom. The highest BCUT2D eigenvalue weighted by Gasteiger charge is 2.12. The van der Waals surface area contributed by atoms with Gasteiger partial charge in [-0.1, -0.05) is 43.3 Å². The van der Waals surface area contributed by atoms with E-state index < -0.39 is 0 Å². The Morgan fingerprint density at radius 3 is 2.43 bits per heavy atom. The van der Waals surface area contributed by atoms with Crippen LogP contribution in [-0.2, 0) is 0 Å². The van der Waals surface area contributed by atoms with E-state index in [9.17, 15) is 0 Å². The van der Waals surface area contributed by atoms with Crippen molar-refractivity contribution in [2.45, 2.75) is 33.2 Å². The average molecular weight is 283 g/mol. The van der Waals surface area contributed by atoms with Gasteiger partial charge in [-0.25, -0.2) is 0 Å². The number of para-hydroxylation sites is 1. The summed E-state index contributed by atoms with van der Waals surface area (Å²) in [5.74, 6) is 0.921. The molecule has 2 rings (SSSR count). The van der Waals surface area contributed by atoms with E-state index in [0.717, 1.165) is 18.7 Å². The van der Waals surface area contributed by atoms with Crippen LogP contribution in [0.4, 0.5) is 0 Å². The molecule has 1 atom stereocenters. The quantitative estimate of drug-likeness (QED) is 0.812. The summed E-state index contributed by atoms with van der Waals surface area (Å²) in [7, 11) is 0. The first-order chi connectivity index (χ1) is 10.2. The molecule has 2 heteroatoms. The first-order valence-corrected chi connectivity index (χ1v) is 7.69. The molecule has 21 heavy (non-hydrogen) atoms. The zero-order valence-corrected chi connectivity index (χ0v) is 13.2. The molecule has 0 bridgehead atoms. The van der Waals surface area contributed by atoms with Crippen LogP contribution in [0.5, 0.6) is 5.75 Å². The highest BCUT2D eigenvalue weighted by Crippen LogP contribution is 2.19. The molecule has 0 aliphatic rings. The Morgan fingerprint density at radius 2 is 1.76 bits per heavy atom. The van der Waals surface area contributed by atoms with Gasteiger partial charge < -0.3 is 10.1 Å². The molecule has 0 fully saturated rings. The van der Waals surface area contributed by atoms with Crippen molar-refractivity contribution in [1.82, 2.24) is 5.32 Å². The van der Waals surface area contributed by atoms with Gasteiger partial charge >= 0.3 is 0 Å². The molecule has 2 aromatic rings. The van der Waals surface area contributed by atoms with Gasteiger partial charge in [0.2, 0.25) is 0 Å². The molecule has 112 valence electrons. The molecule has 0 saturated heterocycles. The first kappa shape index (κ1) is 15.6. The lowest BCUT2D eigenvalue weighted by Gasteiger charge is -2.20. The van der Waals surface area contributed by atoms with Crippen molar-refractivity contribution in [3.8, 4) is 5.75 Å². The maximum atomic E-state index is 5.93. The second-order valence-electron chi connectivity index (χ2n) is 5.47. The summed E-state index contributed by atoms with van der Waals surface area (Å²) in [5.41, 5.74) is 3.95. The second kappa shape index (κ2) is 7.84. The van der Waals surface area contributed by atoms with Crippen molar-refractivity contribution in [3.05, 3.63) is 65.2 Å². The van der Waals surface area contributed by atoms with Crippen molar-refractivity contribution < 1.29 is 4.74 Å². The fraction of sp³-hybridized carbons (Fsp3) is 0.368. The van der Waals surface area contributed by atoms with E-state index in [4.69, 9.17) is 4.74 Å². The highest BCUT2D eigenvalue weighted by atomic mass is 16.5. The van der Waals surface area contributed by atoms with Gasteiger partial charge in [0.05, 0.1) is 6.04 Å². The van der Waals surface area contributed by atoms with Gasteiger partial charge in [-0.2, -0.15) is 0 Å². The third kappa shape index (κ3) is 4.61. The highest BCUT2D eigenvalue weighted by molar-refractivity contribution is 5.32. The summed E-state index contributed by atoms with van der Waals surface area (Å²) in [6.07, 6.45) is 1.12. The molecule has 0 spiro atoms. The topological polar surface area (TPSA) is 21.3 Å². The number of benzene rings is 2. The number of nitrogens with one attached hydrogen (secondary N) is 1. The van der Waals surface area contributed by atoms with Crippen LogP contribution in [0.1, 0.15) is 36.1 Å². The summed E-state index contributed by atoms with van der Waals surface area (Å²) in [6.45, 7) is 8.13. The van der Waals surface area contributed by atoms with Crippen LogP contribution in [0, 0.1) is 13.8 Å². The molecule has 0 heterocycles. The number of hydrogen-bond acceptors (Lipinski definition) is 2. The van der Waals surface area contributed by atoms with Crippen LogP contribution >= 0.6 is 0 Å². The van der Waals surface area contributed by atoms with E-state index in [-0.39, 0.29) is 6.04 Å². The van der Waals surface area contributed by atoms with Crippen LogP contribution in [-0.4, -0.2) is 13.2 Å². The van der Waals surface area contributed by atoms with Gasteiger partial charge in [0.25, 0.3) is 0 Å². The number of ether oxygens (including phenoxy) is 1. The Balaban J connectivity index is 2.08. The molecule has 1 N–H and O–H groups in total. The third-order valence-corrected chi connectivity index (χ3v) is 3.73. The maximum absolute atomic E-state index is 5.93. The standard InChI is InChI=1S/C19H25NO/c1-4-12-20-19(14-21-18-8-6-5-7-9-18)17-11-10-15(2)16(3)13-17/h5-11,13,19-20H,4,12,14H2,1-3H3. The van der Waals surface area contributed by atoms with Crippen LogP contribution < -0.4 is 10.1 Å². The minimum Gasteiger partial charge on any atom is -0.492 e. The van der Waals surface area contributed by atoms with Crippen LogP contribution in [0.15, 0.2) is 48.5 Å². The average Bonchev–Trinajstić information content (AvgIpc) is 2.51. The lowest BCUT2D eigenvalue weighted by molar-refractivity contribution is 0.266. The SMILES string of the molecule is CCCNC(COc1ccccc1)c1ccc(C)c(C)c1. The Hall–Kier alpha value is -1.80. The van der Waals surface area contributed by atoms with Gasteiger partial charge in [-0.15, -0.1) is 0 Å². The van der Waals surface area contributed by atoms with Crippen molar-refractivity contribution in [2.75, 3.05) is 13.2 Å². The molecular weight excluding hydrogens is 258 g/mol. The predicted molar refractivity (Wildman–Crippen MR) is 88.9 cm³/mol. The third-order valence-electron chi connectivity index (χ3n) is 3.73. The van der Waals surface area contributed by atoms with Gasteiger partial charge in [-0.05, 0) is 55.6 Å². The normalized spacial score (nSPS) is 12.1. The predicted octanol–water partition coefficient (Wildman–Crippen LogP) is 4.42. The molecule has 0 aliphatic heterocycles. The van der Waals surface area contributed by atoms with E-state index in [0.29, 0.717) is 6.61 Å². The second-order valence-corrected chi connectivity index (χ2v) is 5.47. The van der Waals surface area contributed by atoms with Crippen molar-refractivity contribution in [3.63, 3.8) is 0 Å². The molecule has 0 radical (unpaired) electrons.